The van der Waals surface area contributed by atoms with Crippen LogP contribution in [0.4, 0.5) is 0 Å². The van der Waals surface area contributed by atoms with Crippen LogP contribution in [0.1, 0.15) is 30.0 Å². The van der Waals surface area contributed by atoms with Gasteiger partial charge in [0.2, 0.25) is 5.91 Å². The van der Waals surface area contributed by atoms with Gasteiger partial charge < -0.3 is 4.90 Å². The van der Waals surface area contributed by atoms with Gasteiger partial charge >= 0.3 is 0 Å². The predicted octanol–water partition coefficient (Wildman–Crippen LogP) is 2.76. The molecule has 0 bridgehead atoms. The molecule has 2 heterocycles. The van der Waals surface area contributed by atoms with Crippen molar-refractivity contribution >= 4 is 29.1 Å². The third-order valence-corrected chi connectivity index (χ3v) is 4.60. The molecule has 0 spiro atoms. The number of carbonyl (C=O) groups excluding carboxylic acids is 1. The summed E-state index contributed by atoms with van der Waals surface area (Å²) in [5.41, 5.74) is 2.29. The summed E-state index contributed by atoms with van der Waals surface area (Å²) in [6, 6.07) is -0.441. The van der Waals surface area contributed by atoms with Gasteiger partial charge in [-0.1, -0.05) is 23.2 Å². The van der Waals surface area contributed by atoms with Crippen molar-refractivity contribution in [1.82, 2.24) is 24.5 Å². The minimum atomic E-state index is -0.441. The maximum atomic E-state index is 12.6. The maximum Gasteiger partial charge on any atom is 0.247 e. The fourth-order valence-electron chi connectivity index (χ4n) is 2.36. The molecule has 0 aliphatic carbocycles. The van der Waals surface area contributed by atoms with E-state index in [0.717, 1.165) is 17.1 Å². The molecule has 0 aromatic carbocycles. The smallest absolute Gasteiger partial charge is 0.247 e. The molecule has 0 saturated carbocycles. The van der Waals surface area contributed by atoms with Gasteiger partial charge in [-0.25, -0.2) is 0 Å². The second-order valence-electron chi connectivity index (χ2n) is 5.36. The van der Waals surface area contributed by atoms with E-state index in [1.54, 1.807) is 41.5 Å². The molecule has 0 fully saturated rings. The molecule has 0 radical (unpaired) electrons. The maximum absolute atomic E-state index is 12.6. The van der Waals surface area contributed by atoms with E-state index in [4.69, 9.17) is 23.2 Å². The topological polar surface area (TPSA) is 56.0 Å². The van der Waals surface area contributed by atoms with Gasteiger partial charge in [-0.05, 0) is 20.8 Å². The third kappa shape index (κ3) is 2.98. The van der Waals surface area contributed by atoms with Crippen LogP contribution in [0.25, 0.3) is 0 Å². The van der Waals surface area contributed by atoms with Crippen LogP contribution in [0.2, 0.25) is 10.0 Å². The zero-order valence-corrected chi connectivity index (χ0v) is 14.8. The van der Waals surface area contributed by atoms with E-state index >= 15 is 0 Å². The fraction of sp³-hybridized carbons (Fsp3) is 0.500. The van der Waals surface area contributed by atoms with Crippen molar-refractivity contribution in [2.45, 2.75) is 33.4 Å². The van der Waals surface area contributed by atoms with E-state index < -0.39 is 6.04 Å². The first-order valence-electron chi connectivity index (χ1n) is 6.86. The third-order valence-electron chi connectivity index (χ3n) is 3.73. The van der Waals surface area contributed by atoms with Crippen LogP contribution in [0.15, 0.2) is 6.20 Å². The summed E-state index contributed by atoms with van der Waals surface area (Å²) < 4.78 is 3.32. The standard InChI is InChI=1S/C14H19Cl2N5O/c1-8-13(16)9(2)21(18-8)10(3)14(22)19(4)7-12-11(15)6-17-20(12)5/h6,10H,7H2,1-5H3. The van der Waals surface area contributed by atoms with Gasteiger partial charge in [0.1, 0.15) is 6.04 Å². The Labute approximate surface area is 139 Å². The summed E-state index contributed by atoms with van der Waals surface area (Å²) in [6.45, 7) is 5.86. The second kappa shape index (κ2) is 6.30. The predicted molar refractivity (Wildman–Crippen MR) is 86.1 cm³/mol. The lowest BCUT2D eigenvalue weighted by atomic mass is 10.2. The van der Waals surface area contributed by atoms with Crippen LogP contribution in [0.5, 0.6) is 0 Å². The van der Waals surface area contributed by atoms with E-state index in [1.807, 2.05) is 13.8 Å². The van der Waals surface area contributed by atoms with Gasteiger partial charge in [0.15, 0.2) is 0 Å². The van der Waals surface area contributed by atoms with Crippen LogP contribution < -0.4 is 0 Å². The number of rotatable bonds is 4. The number of hydrogen-bond acceptors (Lipinski definition) is 3. The van der Waals surface area contributed by atoms with Crippen LogP contribution in [-0.2, 0) is 18.4 Å². The van der Waals surface area contributed by atoms with E-state index in [1.165, 1.54) is 0 Å². The van der Waals surface area contributed by atoms with E-state index in [0.29, 0.717) is 16.6 Å². The number of amides is 1. The van der Waals surface area contributed by atoms with E-state index in [2.05, 4.69) is 10.2 Å². The summed E-state index contributed by atoms with van der Waals surface area (Å²) in [5.74, 6) is -0.0699. The van der Waals surface area contributed by atoms with Crippen LogP contribution >= 0.6 is 23.2 Å². The van der Waals surface area contributed by atoms with Crippen molar-refractivity contribution in [2.75, 3.05) is 7.05 Å². The van der Waals surface area contributed by atoms with Crippen molar-refractivity contribution < 1.29 is 4.79 Å². The molecule has 0 N–H and O–H groups in total. The summed E-state index contributed by atoms with van der Waals surface area (Å²) >= 11 is 12.2. The number of halogens is 2. The molecule has 2 aromatic rings. The Balaban J connectivity index is 2.18. The molecule has 1 unspecified atom stereocenters. The normalized spacial score (nSPS) is 12.5. The number of carbonyl (C=O) groups is 1. The number of likely N-dealkylation sites (N-methyl/N-ethyl adjacent to an activating group) is 1. The molecule has 0 aliphatic rings. The van der Waals surface area contributed by atoms with Gasteiger partial charge in [0.25, 0.3) is 0 Å². The SMILES string of the molecule is Cc1nn(C(C)C(=O)N(C)Cc2c(Cl)cnn2C)c(C)c1Cl. The molecule has 1 amide bonds. The molecule has 1 atom stereocenters. The highest BCUT2D eigenvalue weighted by molar-refractivity contribution is 6.32. The van der Waals surface area contributed by atoms with E-state index in [9.17, 15) is 4.79 Å². The Morgan fingerprint density at radius 3 is 2.50 bits per heavy atom. The first-order valence-corrected chi connectivity index (χ1v) is 7.62. The number of aryl methyl sites for hydroxylation is 2. The lowest BCUT2D eigenvalue weighted by molar-refractivity contribution is -0.133. The average Bonchev–Trinajstić information content (AvgIpc) is 2.93. The molecule has 2 aromatic heterocycles. The van der Waals surface area contributed by atoms with Gasteiger partial charge in [-0.2, -0.15) is 10.2 Å². The Kier molecular flexibility index (Phi) is 4.82. The minimum absolute atomic E-state index is 0.0699. The molecule has 6 nitrogen and oxygen atoms in total. The summed E-state index contributed by atoms with van der Waals surface area (Å²) in [7, 11) is 3.53. The molecule has 0 aliphatic heterocycles. The molecular weight excluding hydrogens is 325 g/mol. The summed E-state index contributed by atoms with van der Waals surface area (Å²) in [4.78, 5) is 14.2. The number of hydrogen-bond donors (Lipinski definition) is 0. The molecular formula is C14H19Cl2N5O. The molecule has 120 valence electrons. The van der Waals surface area contributed by atoms with E-state index in [-0.39, 0.29) is 5.91 Å². The van der Waals surface area contributed by atoms with Crippen LogP contribution in [-0.4, -0.2) is 37.4 Å². The Bertz CT molecular complexity index is 687. The monoisotopic (exact) mass is 343 g/mol. The minimum Gasteiger partial charge on any atom is -0.338 e. The zero-order valence-electron chi connectivity index (χ0n) is 13.3. The highest BCUT2D eigenvalue weighted by atomic mass is 35.5. The Morgan fingerprint density at radius 1 is 1.41 bits per heavy atom. The zero-order chi connectivity index (χ0) is 16.6. The quantitative estimate of drug-likeness (QED) is 0.857. The van der Waals surface area contributed by atoms with Gasteiger partial charge in [-0.15, -0.1) is 0 Å². The lowest BCUT2D eigenvalue weighted by Gasteiger charge is -2.22. The van der Waals surface area contributed by atoms with Gasteiger partial charge in [0.05, 0.1) is 39.9 Å². The van der Waals surface area contributed by atoms with Crippen molar-refractivity contribution in [3.63, 3.8) is 0 Å². The van der Waals surface area contributed by atoms with Crippen molar-refractivity contribution in [3.05, 3.63) is 33.3 Å². The Morgan fingerprint density at radius 2 is 2.05 bits per heavy atom. The number of nitrogens with zero attached hydrogens (tertiary/aromatic N) is 5. The first kappa shape index (κ1) is 16.8. The largest absolute Gasteiger partial charge is 0.338 e. The van der Waals surface area contributed by atoms with Crippen molar-refractivity contribution in [1.29, 1.82) is 0 Å². The molecule has 22 heavy (non-hydrogen) atoms. The van der Waals surface area contributed by atoms with Crippen LogP contribution in [0.3, 0.4) is 0 Å². The van der Waals surface area contributed by atoms with Gasteiger partial charge in [0, 0.05) is 14.1 Å². The highest BCUT2D eigenvalue weighted by Gasteiger charge is 2.24. The lowest BCUT2D eigenvalue weighted by Crippen LogP contribution is -2.34. The summed E-state index contributed by atoms with van der Waals surface area (Å²) in [5, 5.41) is 9.55. The molecule has 8 heteroatoms. The molecule has 2 rings (SSSR count). The highest BCUT2D eigenvalue weighted by Crippen LogP contribution is 2.23. The number of aromatic nitrogens is 4. The Hall–Kier alpha value is -1.53. The van der Waals surface area contributed by atoms with Gasteiger partial charge in [-0.3, -0.25) is 14.2 Å². The summed E-state index contributed by atoms with van der Waals surface area (Å²) in [6.07, 6.45) is 1.57. The fourth-order valence-corrected chi connectivity index (χ4v) is 2.71. The first-order chi connectivity index (χ1) is 10.2. The average molecular weight is 344 g/mol. The van der Waals surface area contributed by atoms with Crippen molar-refractivity contribution in [2.24, 2.45) is 7.05 Å². The second-order valence-corrected chi connectivity index (χ2v) is 6.15. The molecule has 0 saturated heterocycles. The van der Waals surface area contributed by atoms with Crippen molar-refractivity contribution in [3.8, 4) is 0 Å². The van der Waals surface area contributed by atoms with Crippen LogP contribution in [0, 0.1) is 13.8 Å².